The minimum atomic E-state index is -0.573. The Kier molecular flexibility index (Phi) is 15.1. The molecule has 2 rings (SSSR count). The summed E-state index contributed by atoms with van der Waals surface area (Å²) in [5.74, 6) is 0.712. The number of hydrogen-bond donors (Lipinski definition) is 4. The molecule has 0 radical (unpaired) electrons. The van der Waals surface area contributed by atoms with Gasteiger partial charge in [0.2, 0.25) is 0 Å². The topological polar surface area (TPSA) is 141 Å². The van der Waals surface area contributed by atoms with Gasteiger partial charge in [0.15, 0.2) is 13.2 Å². The number of likely N-dealkylation sites (N-methyl/N-ethyl adjacent to an activating group) is 2. The van der Waals surface area contributed by atoms with Gasteiger partial charge in [0.05, 0.1) is 0 Å². The summed E-state index contributed by atoms with van der Waals surface area (Å²) in [5, 5.41) is 9.03. The predicted octanol–water partition coefficient (Wildman–Crippen LogP) is 4.19. The van der Waals surface area contributed by atoms with Gasteiger partial charge in [0, 0.05) is 47.4 Å². The van der Waals surface area contributed by atoms with Crippen molar-refractivity contribution in [2.75, 3.05) is 26.3 Å². The Morgan fingerprint density at radius 3 is 1.69 bits per heavy atom. The van der Waals surface area contributed by atoms with Crippen LogP contribution in [0.4, 0.5) is 4.79 Å². The van der Waals surface area contributed by atoms with Crippen LogP contribution in [0.5, 0.6) is 11.5 Å². The number of hydrogen-bond acceptors (Lipinski definition) is 7. The number of nitrogens with one attached hydrogen (secondary N) is 3. The molecule has 0 saturated carbocycles. The van der Waals surface area contributed by atoms with Crippen molar-refractivity contribution in [3.63, 3.8) is 0 Å². The average Bonchev–Trinajstić information content (AvgIpc) is 2.85. The molecule has 10 nitrogen and oxygen atoms in total. The number of carbonyl (C=O) groups excluding carboxylic acids is 3. The van der Waals surface area contributed by atoms with E-state index in [4.69, 9.17) is 43.1 Å². The lowest BCUT2D eigenvalue weighted by Crippen LogP contribution is -2.32. The van der Waals surface area contributed by atoms with E-state index in [-0.39, 0.29) is 31.6 Å². The van der Waals surface area contributed by atoms with E-state index in [0.717, 1.165) is 5.56 Å². The minimum absolute atomic E-state index is 0.0114. The Morgan fingerprint density at radius 2 is 1.26 bits per heavy atom. The molecule has 0 atom stereocenters. The second-order valence-corrected chi connectivity index (χ2v) is 9.92. The molecule has 2 aromatic rings. The molecule has 0 fully saturated rings. The number of alkyl carbamates (subject to hydrolysis) is 1. The van der Waals surface area contributed by atoms with Crippen molar-refractivity contribution in [2.45, 2.75) is 53.3 Å². The van der Waals surface area contributed by atoms with E-state index in [9.17, 15) is 14.4 Å². The first-order valence-corrected chi connectivity index (χ1v) is 13.2. The zero-order valence-corrected chi connectivity index (χ0v) is 24.5. The first-order chi connectivity index (χ1) is 18.4. The van der Waals surface area contributed by atoms with Crippen molar-refractivity contribution in [3.05, 3.63) is 57.6 Å². The van der Waals surface area contributed by atoms with E-state index in [1.165, 1.54) is 0 Å². The maximum Gasteiger partial charge on any atom is 0.407 e. The fraction of sp³-hybridized carbons (Fsp3) is 0.444. The maximum atomic E-state index is 11.7. The lowest BCUT2D eigenvalue weighted by atomic mass is 10.2. The second kappa shape index (κ2) is 17.4. The smallest absolute Gasteiger partial charge is 0.407 e. The highest BCUT2D eigenvalue weighted by Crippen LogP contribution is 2.23. The number of rotatable bonds is 11. The Hall–Kier alpha value is -3.21. The van der Waals surface area contributed by atoms with Crippen LogP contribution in [0.1, 0.15) is 45.7 Å². The van der Waals surface area contributed by atoms with Gasteiger partial charge < -0.3 is 35.9 Å². The SMILES string of the molecule is CCNC(=O)COc1ccc(Cl)cc1CN.CCNC(=O)COc1ccc(Cl)cc1CNC(=O)OC(C)(C)C. The molecule has 0 aliphatic heterocycles. The fourth-order valence-electron chi connectivity index (χ4n) is 2.94. The Morgan fingerprint density at radius 1 is 0.795 bits per heavy atom. The lowest BCUT2D eigenvalue weighted by molar-refractivity contribution is -0.123. The lowest BCUT2D eigenvalue weighted by Gasteiger charge is -2.20. The molecule has 0 aromatic heterocycles. The third-order valence-electron chi connectivity index (χ3n) is 4.55. The summed E-state index contributed by atoms with van der Waals surface area (Å²) in [6, 6.07) is 10.1. The predicted molar refractivity (Wildman–Crippen MR) is 152 cm³/mol. The monoisotopic (exact) mass is 584 g/mol. The molecule has 0 spiro atoms. The van der Waals surface area contributed by atoms with Crippen LogP contribution in [0.3, 0.4) is 0 Å². The van der Waals surface area contributed by atoms with Gasteiger partial charge in [0.25, 0.3) is 11.8 Å². The maximum absolute atomic E-state index is 11.7. The van der Waals surface area contributed by atoms with Crippen LogP contribution in [0.25, 0.3) is 0 Å². The van der Waals surface area contributed by atoms with Crippen molar-refractivity contribution in [1.29, 1.82) is 0 Å². The van der Waals surface area contributed by atoms with Gasteiger partial charge in [0.1, 0.15) is 17.1 Å². The van der Waals surface area contributed by atoms with E-state index in [1.54, 1.807) is 57.2 Å². The van der Waals surface area contributed by atoms with Gasteiger partial charge in [-0.3, -0.25) is 9.59 Å². The molecule has 0 bridgehead atoms. The summed E-state index contributed by atoms with van der Waals surface area (Å²) in [6.07, 6.45) is -0.535. The standard InChI is InChI=1S/C16H23ClN2O4.C11H15ClN2O2/c1-5-18-14(20)10-22-13-7-6-12(17)8-11(13)9-19-15(21)23-16(2,3)4;1-2-14-11(15)7-16-10-4-3-9(12)5-8(10)6-13/h6-8H,5,9-10H2,1-4H3,(H,18,20)(H,19,21);3-5H,2,6-7,13H2,1H3,(H,14,15). The van der Waals surface area contributed by atoms with Crippen molar-refractivity contribution >= 4 is 41.1 Å². The second-order valence-electron chi connectivity index (χ2n) is 9.05. The molecular weight excluding hydrogens is 547 g/mol. The number of benzene rings is 2. The van der Waals surface area contributed by atoms with E-state index in [2.05, 4.69) is 16.0 Å². The Bertz CT molecular complexity index is 1090. The van der Waals surface area contributed by atoms with Crippen molar-refractivity contribution in [1.82, 2.24) is 16.0 Å². The summed E-state index contributed by atoms with van der Waals surface area (Å²) >= 11 is 11.8. The van der Waals surface area contributed by atoms with Crippen molar-refractivity contribution in [2.24, 2.45) is 5.73 Å². The molecule has 0 heterocycles. The summed E-state index contributed by atoms with van der Waals surface area (Å²) in [4.78, 5) is 34.4. The zero-order chi connectivity index (χ0) is 29.4. The van der Waals surface area contributed by atoms with Crippen molar-refractivity contribution in [3.8, 4) is 11.5 Å². The van der Waals surface area contributed by atoms with E-state index >= 15 is 0 Å². The highest BCUT2D eigenvalue weighted by atomic mass is 35.5. The molecule has 216 valence electrons. The van der Waals surface area contributed by atoms with Crippen LogP contribution in [0.15, 0.2) is 36.4 Å². The summed E-state index contributed by atoms with van der Waals surface area (Å²) in [7, 11) is 0. The average molecular weight is 586 g/mol. The van der Waals surface area contributed by atoms with Crippen LogP contribution in [0.2, 0.25) is 10.0 Å². The van der Waals surface area contributed by atoms with E-state index in [0.29, 0.717) is 46.7 Å². The van der Waals surface area contributed by atoms with Crippen molar-refractivity contribution < 1.29 is 28.6 Å². The van der Waals surface area contributed by atoms with Gasteiger partial charge in [-0.25, -0.2) is 4.79 Å². The first-order valence-electron chi connectivity index (χ1n) is 12.4. The molecule has 39 heavy (non-hydrogen) atoms. The van der Waals surface area contributed by atoms with E-state index < -0.39 is 11.7 Å². The summed E-state index contributed by atoms with van der Waals surface area (Å²) in [6.45, 7) is 10.6. The van der Waals surface area contributed by atoms with Gasteiger partial charge in [-0.1, -0.05) is 23.2 Å². The molecule has 0 saturated heterocycles. The summed E-state index contributed by atoms with van der Waals surface area (Å²) < 4.78 is 16.0. The van der Waals surface area contributed by atoms with Crippen LogP contribution in [-0.4, -0.2) is 49.8 Å². The third-order valence-corrected chi connectivity index (χ3v) is 5.02. The largest absolute Gasteiger partial charge is 0.483 e. The fourth-order valence-corrected chi connectivity index (χ4v) is 3.33. The van der Waals surface area contributed by atoms with Gasteiger partial charge in [-0.05, 0) is 71.0 Å². The number of carbonyl (C=O) groups is 3. The Labute approximate surface area is 239 Å². The molecule has 3 amide bonds. The highest BCUT2D eigenvalue weighted by molar-refractivity contribution is 6.31. The van der Waals surface area contributed by atoms with E-state index in [1.807, 2.05) is 13.8 Å². The van der Waals surface area contributed by atoms with Crippen LogP contribution in [0, 0.1) is 0 Å². The number of ether oxygens (including phenoxy) is 3. The van der Waals surface area contributed by atoms with Crippen LogP contribution in [-0.2, 0) is 27.4 Å². The molecule has 0 aliphatic carbocycles. The molecule has 12 heteroatoms. The zero-order valence-electron chi connectivity index (χ0n) is 23.0. The molecular formula is C27H38Cl2N4O6. The highest BCUT2D eigenvalue weighted by Gasteiger charge is 2.16. The normalized spacial score (nSPS) is 10.5. The Balaban J connectivity index is 0.000000416. The summed E-state index contributed by atoms with van der Waals surface area (Å²) in [5.41, 5.74) is 6.42. The van der Waals surface area contributed by atoms with Gasteiger partial charge >= 0.3 is 6.09 Å². The number of nitrogens with two attached hydrogens (primary N) is 1. The quantitative estimate of drug-likeness (QED) is 0.310. The van der Waals surface area contributed by atoms with Gasteiger partial charge in [-0.15, -0.1) is 0 Å². The molecule has 0 unspecified atom stereocenters. The molecule has 5 N–H and O–H groups in total. The third kappa shape index (κ3) is 14.5. The first kappa shape index (κ1) is 33.8. The van der Waals surface area contributed by atoms with Crippen LogP contribution >= 0.6 is 23.2 Å². The number of amides is 3. The molecule has 0 aliphatic rings. The number of halogens is 2. The molecule has 2 aromatic carbocycles. The van der Waals surface area contributed by atoms with Crippen LogP contribution < -0.4 is 31.2 Å². The minimum Gasteiger partial charge on any atom is -0.483 e. The van der Waals surface area contributed by atoms with Gasteiger partial charge in [-0.2, -0.15) is 0 Å².